The van der Waals surface area contributed by atoms with Crippen molar-refractivity contribution in [3.8, 4) is 11.8 Å². The third-order valence-electron chi connectivity index (χ3n) is 5.50. The Morgan fingerprint density at radius 2 is 1.50 bits per heavy atom. The minimum atomic E-state index is -2.03. The fraction of sp³-hybridized carbons (Fsp3) is 0.407. The molecule has 0 saturated heterocycles. The predicted octanol–water partition coefficient (Wildman–Crippen LogP) is 4.09. The van der Waals surface area contributed by atoms with Crippen LogP contribution in [0.2, 0.25) is 0 Å². The Morgan fingerprint density at radius 3 is 2.06 bits per heavy atom. The van der Waals surface area contributed by atoms with Gasteiger partial charge in [0.05, 0.1) is 12.2 Å². The molecule has 0 radical (unpaired) electrons. The molecule has 0 unspecified atom stereocenters. The van der Waals surface area contributed by atoms with Gasteiger partial charge in [0.15, 0.2) is 5.60 Å². The quantitative estimate of drug-likeness (QED) is 0.567. The highest BCUT2D eigenvalue weighted by atomic mass is 16.6. The zero-order valence-corrected chi connectivity index (χ0v) is 18.9. The third kappa shape index (κ3) is 5.20. The van der Waals surface area contributed by atoms with E-state index >= 15 is 0 Å². The van der Waals surface area contributed by atoms with Crippen LogP contribution in [0.25, 0.3) is 0 Å². The van der Waals surface area contributed by atoms with Crippen LogP contribution < -0.4 is 0 Å². The minimum absolute atomic E-state index is 0.0180. The average Bonchev–Trinajstić information content (AvgIpc) is 3.06. The number of esters is 2. The maximum atomic E-state index is 13.2. The summed E-state index contributed by atoms with van der Waals surface area (Å²) in [6.45, 7) is 6.89. The van der Waals surface area contributed by atoms with Crippen molar-refractivity contribution in [2.75, 3.05) is 0 Å². The van der Waals surface area contributed by atoms with Gasteiger partial charge in [-0.1, -0.05) is 60.4 Å². The van der Waals surface area contributed by atoms with Crippen LogP contribution in [0.15, 0.2) is 60.7 Å². The highest BCUT2D eigenvalue weighted by Gasteiger charge is 2.62. The number of carbonyl (C=O) groups is 2. The summed E-state index contributed by atoms with van der Waals surface area (Å²) in [6, 6.07) is 18.9. The molecule has 0 spiro atoms. The lowest BCUT2D eigenvalue weighted by molar-refractivity contribution is -0.183. The Hall–Kier alpha value is -3.10. The number of rotatable bonds is 5. The van der Waals surface area contributed by atoms with Crippen molar-refractivity contribution in [2.45, 2.75) is 57.8 Å². The lowest BCUT2D eigenvalue weighted by atomic mass is 9.80. The van der Waals surface area contributed by atoms with E-state index in [0.29, 0.717) is 0 Å². The molecular weight excluding hydrogens is 404 g/mol. The first-order valence-corrected chi connectivity index (χ1v) is 11.0. The zero-order chi connectivity index (χ0) is 23.3. The van der Waals surface area contributed by atoms with Gasteiger partial charge in [-0.2, -0.15) is 0 Å². The summed E-state index contributed by atoms with van der Waals surface area (Å²) in [5.41, 5.74) is -0.396. The second kappa shape index (κ2) is 10.0. The maximum Gasteiger partial charge on any atom is 0.339 e. The van der Waals surface area contributed by atoms with E-state index in [-0.39, 0.29) is 6.42 Å². The van der Waals surface area contributed by atoms with Crippen molar-refractivity contribution < 1.29 is 24.2 Å². The van der Waals surface area contributed by atoms with E-state index in [1.807, 2.05) is 60.7 Å². The predicted molar refractivity (Wildman–Crippen MR) is 122 cm³/mol. The first-order valence-electron chi connectivity index (χ1n) is 11.0. The van der Waals surface area contributed by atoms with Crippen molar-refractivity contribution in [3.63, 3.8) is 0 Å². The Labute approximate surface area is 189 Å². The monoisotopic (exact) mass is 434 g/mol. The van der Waals surface area contributed by atoms with Gasteiger partial charge in [-0.05, 0) is 45.4 Å². The molecule has 3 rings (SSSR count). The molecule has 2 aromatic carbocycles. The summed E-state index contributed by atoms with van der Waals surface area (Å²) in [5, 5.41) is 11.6. The van der Waals surface area contributed by atoms with Crippen LogP contribution in [0.4, 0.5) is 0 Å². The molecule has 168 valence electrons. The van der Waals surface area contributed by atoms with E-state index in [9.17, 15) is 14.7 Å². The van der Waals surface area contributed by atoms with Gasteiger partial charge in [-0.25, -0.2) is 4.79 Å². The summed E-state index contributed by atoms with van der Waals surface area (Å²) in [4.78, 5) is 26.3. The fourth-order valence-corrected chi connectivity index (χ4v) is 4.23. The Bertz CT molecular complexity index is 987. The molecule has 4 atom stereocenters. The molecule has 32 heavy (non-hydrogen) atoms. The molecule has 5 heteroatoms. The van der Waals surface area contributed by atoms with Crippen LogP contribution in [-0.4, -0.2) is 34.9 Å². The summed E-state index contributed by atoms with van der Waals surface area (Å²) < 4.78 is 10.9. The van der Waals surface area contributed by atoms with Crippen molar-refractivity contribution in [3.05, 3.63) is 71.8 Å². The Morgan fingerprint density at radius 1 is 0.938 bits per heavy atom. The molecule has 0 amide bonds. The molecule has 1 N–H and O–H groups in total. The highest BCUT2D eigenvalue weighted by molar-refractivity contribution is 5.89. The van der Waals surface area contributed by atoms with E-state index in [4.69, 9.17) is 9.47 Å². The normalized spacial score (nSPS) is 24.7. The lowest BCUT2D eigenvalue weighted by Gasteiger charge is -2.30. The van der Waals surface area contributed by atoms with Crippen LogP contribution in [0.1, 0.15) is 51.2 Å². The van der Waals surface area contributed by atoms with Gasteiger partial charge in [-0.15, -0.1) is 0 Å². The standard InChI is InChI=1S/C27H30O5/c1-18(2)31-25(28)24-23(21-13-9-6-10-14-21)22(16-15-20-11-7-5-8-12-20)17-27(24,30)26(29)32-19(3)4/h5-14,18-19,22-24,30H,17H2,1-4H3/t22-,23-,24-,27-/m1/s1. The number of aliphatic hydroxyl groups is 1. The molecule has 0 heterocycles. The zero-order valence-electron chi connectivity index (χ0n) is 18.9. The Kier molecular flexibility index (Phi) is 7.37. The molecule has 0 aromatic heterocycles. The van der Waals surface area contributed by atoms with Crippen LogP contribution >= 0.6 is 0 Å². The summed E-state index contributed by atoms with van der Waals surface area (Å²) in [7, 11) is 0. The second-order valence-corrected chi connectivity index (χ2v) is 8.72. The Balaban J connectivity index is 2.10. The van der Waals surface area contributed by atoms with E-state index in [2.05, 4.69) is 11.8 Å². The summed E-state index contributed by atoms with van der Waals surface area (Å²) in [6.07, 6.45) is -0.841. The molecule has 2 aromatic rings. The van der Waals surface area contributed by atoms with Gasteiger partial charge in [0.2, 0.25) is 0 Å². The van der Waals surface area contributed by atoms with E-state index < -0.39 is 47.5 Å². The highest BCUT2D eigenvalue weighted by Crippen LogP contribution is 2.51. The molecule has 1 aliphatic carbocycles. The SMILES string of the molecule is CC(C)OC(=O)[C@H]1[C@H](c2ccccc2)[C@H](C#Cc2ccccc2)C[C@]1(O)C(=O)OC(C)C. The number of benzene rings is 2. The van der Waals surface area contributed by atoms with Crippen molar-refractivity contribution >= 4 is 11.9 Å². The van der Waals surface area contributed by atoms with E-state index in [1.165, 1.54) is 0 Å². The second-order valence-electron chi connectivity index (χ2n) is 8.72. The summed E-state index contributed by atoms with van der Waals surface area (Å²) in [5.74, 6) is 2.81. The van der Waals surface area contributed by atoms with Crippen LogP contribution in [0.5, 0.6) is 0 Å². The van der Waals surface area contributed by atoms with Gasteiger partial charge < -0.3 is 14.6 Å². The van der Waals surface area contributed by atoms with Gasteiger partial charge in [0.1, 0.15) is 5.92 Å². The summed E-state index contributed by atoms with van der Waals surface area (Å²) >= 11 is 0. The maximum absolute atomic E-state index is 13.2. The molecule has 1 saturated carbocycles. The number of ether oxygens (including phenoxy) is 2. The minimum Gasteiger partial charge on any atom is -0.463 e. The average molecular weight is 435 g/mol. The van der Waals surface area contributed by atoms with Gasteiger partial charge in [-0.3, -0.25) is 4.79 Å². The molecule has 0 aliphatic heterocycles. The first kappa shape index (κ1) is 23.6. The van der Waals surface area contributed by atoms with Gasteiger partial charge in [0, 0.05) is 23.8 Å². The van der Waals surface area contributed by atoms with E-state index in [1.54, 1.807) is 27.7 Å². The van der Waals surface area contributed by atoms with Gasteiger partial charge >= 0.3 is 11.9 Å². The largest absolute Gasteiger partial charge is 0.463 e. The topological polar surface area (TPSA) is 72.8 Å². The number of carbonyl (C=O) groups excluding carboxylic acids is 2. The number of hydrogen-bond acceptors (Lipinski definition) is 5. The lowest BCUT2D eigenvalue weighted by Crippen LogP contribution is -2.49. The molecule has 1 aliphatic rings. The van der Waals surface area contributed by atoms with Crippen LogP contribution in [0, 0.1) is 23.7 Å². The smallest absolute Gasteiger partial charge is 0.339 e. The van der Waals surface area contributed by atoms with E-state index in [0.717, 1.165) is 11.1 Å². The first-order chi connectivity index (χ1) is 15.2. The van der Waals surface area contributed by atoms with Crippen molar-refractivity contribution in [1.82, 2.24) is 0 Å². The number of hydrogen-bond donors (Lipinski definition) is 1. The van der Waals surface area contributed by atoms with Crippen molar-refractivity contribution in [1.29, 1.82) is 0 Å². The van der Waals surface area contributed by atoms with Crippen LogP contribution in [-0.2, 0) is 19.1 Å². The molecule has 5 nitrogen and oxygen atoms in total. The molecule has 1 fully saturated rings. The molecular formula is C27H30O5. The fourth-order valence-electron chi connectivity index (χ4n) is 4.23. The van der Waals surface area contributed by atoms with Crippen molar-refractivity contribution in [2.24, 2.45) is 11.8 Å². The third-order valence-corrected chi connectivity index (χ3v) is 5.50. The molecule has 0 bridgehead atoms. The van der Waals surface area contributed by atoms with Crippen LogP contribution in [0.3, 0.4) is 0 Å². The van der Waals surface area contributed by atoms with Gasteiger partial charge in [0.25, 0.3) is 0 Å².